The van der Waals surface area contributed by atoms with Gasteiger partial charge in [-0.15, -0.1) is 0 Å². The van der Waals surface area contributed by atoms with Gasteiger partial charge in [-0.2, -0.15) is 16.9 Å². The molecule has 0 amide bonds. The fraction of sp³-hybridized carbons (Fsp3) is 0.471. The van der Waals surface area contributed by atoms with E-state index < -0.39 is 0 Å². The molecule has 1 saturated heterocycles. The monoisotopic (exact) mass is 301 g/mol. The van der Waals surface area contributed by atoms with E-state index in [2.05, 4.69) is 59.9 Å². The number of benzene rings is 1. The number of rotatable bonds is 5. The van der Waals surface area contributed by atoms with Crippen LogP contribution >= 0.6 is 11.8 Å². The Hall–Kier alpha value is -1.26. The summed E-state index contributed by atoms with van der Waals surface area (Å²) in [7, 11) is 0. The van der Waals surface area contributed by atoms with Gasteiger partial charge < -0.3 is 5.32 Å². The fourth-order valence-corrected chi connectivity index (χ4v) is 4.18. The molecule has 3 nitrogen and oxygen atoms in total. The number of aryl methyl sites for hydroxylation is 1. The lowest BCUT2D eigenvalue weighted by Crippen LogP contribution is -2.22. The third-order valence-corrected chi connectivity index (χ3v) is 5.43. The summed E-state index contributed by atoms with van der Waals surface area (Å²) in [6.45, 7) is 6.32. The lowest BCUT2D eigenvalue weighted by Gasteiger charge is -2.10. The number of hydrogen-bond donors (Lipinski definition) is 1. The molecule has 4 heteroatoms. The van der Waals surface area contributed by atoms with Gasteiger partial charge in [0.2, 0.25) is 0 Å². The summed E-state index contributed by atoms with van der Waals surface area (Å²) in [5.41, 5.74) is 4.85. The highest BCUT2D eigenvalue weighted by Crippen LogP contribution is 2.23. The number of aromatic nitrogens is 2. The van der Waals surface area contributed by atoms with Crippen LogP contribution in [0.4, 0.5) is 0 Å². The molecule has 1 aliphatic heterocycles. The Labute approximate surface area is 131 Å². The van der Waals surface area contributed by atoms with Gasteiger partial charge in [-0.05, 0) is 56.4 Å². The Morgan fingerprint density at radius 3 is 2.81 bits per heavy atom. The second-order valence-corrected chi connectivity index (χ2v) is 6.91. The van der Waals surface area contributed by atoms with Crippen molar-refractivity contribution in [2.45, 2.75) is 26.8 Å². The number of thioether (sulfide) groups is 1. The van der Waals surface area contributed by atoms with Crippen molar-refractivity contribution in [3.8, 4) is 5.69 Å². The summed E-state index contributed by atoms with van der Waals surface area (Å²) in [5, 5.41) is 8.33. The van der Waals surface area contributed by atoms with Gasteiger partial charge in [0.15, 0.2) is 0 Å². The van der Waals surface area contributed by atoms with E-state index in [1.54, 1.807) is 0 Å². The molecule has 112 valence electrons. The summed E-state index contributed by atoms with van der Waals surface area (Å²) in [6, 6.07) is 10.4. The van der Waals surface area contributed by atoms with Crippen LogP contribution in [0.2, 0.25) is 0 Å². The minimum absolute atomic E-state index is 0.847. The van der Waals surface area contributed by atoms with Crippen LogP contribution in [0.15, 0.2) is 30.3 Å². The number of nitrogens with one attached hydrogen (secondary N) is 1. The summed E-state index contributed by atoms with van der Waals surface area (Å²) in [6.07, 6.45) is 1.36. The lowest BCUT2D eigenvalue weighted by atomic mass is 10.1. The second-order valence-electron chi connectivity index (χ2n) is 5.76. The first-order chi connectivity index (χ1) is 10.3. The second kappa shape index (κ2) is 6.67. The Bertz CT molecular complexity index is 586. The van der Waals surface area contributed by atoms with Gasteiger partial charge >= 0.3 is 0 Å². The van der Waals surface area contributed by atoms with Gasteiger partial charge in [0.1, 0.15) is 0 Å². The van der Waals surface area contributed by atoms with Gasteiger partial charge in [-0.3, -0.25) is 0 Å². The van der Waals surface area contributed by atoms with Crippen molar-refractivity contribution in [2.75, 3.05) is 18.1 Å². The Kier molecular flexibility index (Phi) is 4.66. The van der Waals surface area contributed by atoms with Crippen LogP contribution in [0, 0.1) is 19.8 Å². The molecule has 0 bridgehead atoms. The van der Waals surface area contributed by atoms with Crippen molar-refractivity contribution in [1.82, 2.24) is 15.1 Å². The van der Waals surface area contributed by atoms with E-state index in [1.165, 1.54) is 29.2 Å². The van der Waals surface area contributed by atoms with Gasteiger partial charge in [0, 0.05) is 17.8 Å². The van der Waals surface area contributed by atoms with Crippen LogP contribution in [-0.4, -0.2) is 27.8 Å². The van der Waals surface area contributed by atoms with Crippen LogP contribution < -0.4 is 5.32 Å². The molecule has 1 aromatic heterocycles. The molecule has 0 spiro atoms. The third kappa shape index (κ3) is 3.33. The first-order valence-electron chi connectivity index (χ1n) is 7.64. The van der Waals surface area contributed by atoms with E-state index in [9.17, 15) is 0 Å². The summed E-state index contributed by atoms with van der Waals surface area (Å²) >= 11 is 2.08. The van der Waals surface area contributed by atoms with Crippen molar-refractivity contribution >= 4 is 11.8 Å². The SMILES string of the molecule is Cc1nn(-c2ccccc2)c(C)c1CNCC1CCSC1. The van der Waals surface area contributed by atoms with E-state index in [-0.39, 0.29) is 0 Å². The topological polar surface area (TPSA) is 29.9 Å². The molecule has 1 fully saturated rings. The maximum Gasteiger partial charge on any atom is 0.0648 e. The van der Waals surface area contributed by atoms with Crippen LogP contribution in [-0.2, 0) is 6.54 Å². The maximum atomic E-state index is 4.70. The number of hydrogen-bond acceptors (Lipinski definition) is 3. The molecule has 21 heavy (non-hydrogen) atoms. The molecule has 1 unspecified atom stereocenters. The highest BCUT2D eigenvalue weighted by Gasteiger charge is 2.16. The van der Waals surface area contributed by atoms with Crippen LogP contribution in [0.3, 0.4) is 0 Å². The van der Waals surface area contributed by atoms with Gasteiger partial charge in [-0.25, -0.2) is 4.68 Å². The molecule has 1 N–H and O–H groups in total. The predicted octanol–water partition coefficient (Wildman–Crippen LogP) is 3.33. The smallest absolute Gasteiger partial charge is 0.0648 e. The van der Waals surface area contributed by atoms with Crippen molar-refractivity contribution < 1.29 is 0 Å². The minimum Gasteiger partial charge on any atom is -0.312 e. The zero-order valence-corrected chi connectivity index (χ0v) is 13.6. The molecular formula is C17H23N3S. The molecule has 1 aliphatic rings. The Morgan fingerprint density at radius 1 is 1.29 bits per heavy atom. The summed E-state index contributed by atoms with van der Waals surface area (Å²) < 4.78 is 2.05. The maximum absolute atomic E-state index is 4.70. The molecular weight excluding hydrogens is 278 g/mol. The number of para-hydroxylation sites is 1. The van der Waals surface area contributed by atoms with Crippen LogP contribution in [0.5, 0.6) is 0 Å². The van der Waals surface area contributed by atoms with Crippen molar-refractivity contribution in [1.29, 1.82) is 0 Å². The van der Waals surface area contributed by atoms with E-state index in [1.807, 2.05) is 6.07 Å². The normalized spacial score (nSPS) is 18.3. The highest BCUT2D eigenvalue weighted by molar-refractivity contribution is 7.99. The Morgan fingerprint density at radius 2 is 2.10 bits per heavy atom. The molecule has 1 aromatic carbocycles. The first-order valence-corrected chi connectivity index (χ1v) is 8.80. The minimum atomic E-state index is 0.847. The zero-order chi connectivity index (χ0) is 14.7. The molecule has 2 aromatic rings. The first kappa shape index (κ1) is 14.7. The molecule has 0 aliphatic carbocycles. The summed E-state index contributed by atoms with van der Waals surface area (Å²) in [4.78, 5) is 0. The molecule has 1 atom stereocenters. The van der Waals surface area contributed by atoms with Crippen molar-refractivity contribution in [3.63, 3.8) is 0 Å². The van der Waals surface area contributed by atoms with E-state index >= 15 is 0 Å². The van der Waals surface area contributed by atoms with Crippen LogP contribution in [0.1, 0.15) is 23.4 Å². The average Bonchev–Trinajstić information content (AvgIpc) is 3.11. The van der Waals surface area contributed by atoms with Gasteiger partial charge in [0.05, 0.1) is 11.4 Å². The quantitative estimate of drug-likeness (QED) is 0.918. The van der Waals surface area contributed by atoms with Gasteiger partial charge in [-0.1, -0.05) is 18.2 Å². The van der Waals surface area contributed by atoms with Crippen molar-refractivity contribution in [3.05, 3.63) is 47.3 Å². The summed E-state index contributed by atoms with van der Waals surface area (Å²) in [5.74, 6) is 3.49. The molecule has 0 radical (unpaired) electrons. The lowest BCUT2D eigenvalue weighted by molar-refractivity contribution is 0.522. The van der Waals surface area contributed by atoms with Crippen molar-refractivity contribution in [2.24, 2.45) is 5.92 Å². The predicted molar refractivity (Wildman–Crippen MR) is 90.2 cm³/mol. The Balaban J connectivity index is 1.69. The standard InChI is InChI=1S/C17H23N3S/c1-13-17(11-18-10-15-8-9-21-12-15)14(2)20(19-13)16-6-4-3-5-7-16/h3-7,15,18H,8-12H2,1-2H3. The molecule has 0 saturated carbocycles. The fourth-order valence-electron chi connectivity index (χ4n) is 2.90. The largest absolute Gasteiger partial charge is 0.312 e. The third-order valence-electron chi connectivity index (χ3n) is 4.20. The number of nitrogens with zero attached hydrogens (tertiary/aromatic N) is 2. The van der Waals surface area contributed by atoms with Gasteiger partial charge in [0.25, 0.3) is 0 Å². The van der Waals surface area contributed by atoms with E-state index in [4.69, 9.17) is 5.10 Å². The highest BCUT2D eigenvalue weighted by atomic mass is 32.2. The van der Waals surface area contributed by atoms with E-state index in [0.29, 0.717) is 0 Å². The van der Waals surface area contributed by atoms with Crippen LogP contribution in [0.25, 0.3) is 5.69 Å². The molecule has 2 heterocycles. The zero-order valence-electron chi connectivity index (χ0n) is 12.8. The van der Waals surface area contributed by atoms with E-state index in [0.717, 1.165) is 30.4 Å². The average molecular weight is 301 g/mol. The molecule has 3 rings (SSSR count).